The molecule has 1 atom stereocenters. The van der Waals surface area contributed by atoms with Gasteiger partial charge >= 0.3 is 0 Å². The van der Waals surface area contributed by atoms with Crippen molar-refractivity contribution in [2.75, 3.05) is 39.4 Å². The van der Waals surface area contributed by atoms with E-state index in [4.69, 9.17) is 10.5 Å². The second-order valence-electron chi connectivity index (χ2n) is 4.63. The molecule has 0 aliphatic carbocycles. The van der Waals surface area contributed by atoms with Crippen molar-refractivity contribution in [3.63, 3.8) is 0 Å². The first-order valence-corrected chi connectivity index (χ1v) is 6.44. The van der Waals surface area contributed by atoms with E-state index in [-0.39, 0.29) is 6.10 Å². The maximum atomic E-state index is 9.72. The summed E-state index contributed by atoms with van der Waals surface area (Å²) in [5.41, 5.74) is 5.56. The molecule has 0 saturated carbocycles. The van der Waals surface area contributed by atoms with Crippen molar-refractivity contribution < 1.29 is 9.84 Å². The van der Waals surface area contributed by atoms with Crippen LogP contribution in [0.2, 0.25) is 0 Å². The summed E-state index contributed by atoms with van der Waals surface area (Å²) < 4.78 is 5.20. The summed E-state index contributed by atoms with van der Waals surface area (Å²) in [6, 6.07) is 0. The highest BCUT2D eigenvalue weighted by Crippen LogP contribution is 2.19. The molecule has 0 aromatic rings. The standard InChI is InChI=1S/C12H26N2O2/c1-2-16-10-12(15)9-14-7-4-11(3-6-13)5-8-14/h11-12,15H,2-10,13H2,1H3. The van der Waals surface area contributed by atoms with Crippen molar-refractivity contribution in [2.45, 2.75) is 32.3 Å². The third kappa shape index (κ3) is 5.25. The predicted molar refractivity (Wildman–Crippen MR) is 65.3 cm³/mol. The fourth-order valence-corrected chi connectivity index (χ4v) is 2.30. The van der Waals surface area contributed by atoms with Crippen molar-refractivity contribution in [2.24, 2.45) is 11.7 Å². The molecule has 1 heterocycles. The van der Waals surface area contributed by atoms with E-state index in [1.54, 1.807) is 0 Å². The Labute approximate surface area is 98.8 Å². The van der Waals surface area contributed by atoms with E-state index in [9.17, 15) is 5.11 Å². The van der Waals surface area contributed by atoms with Gasteiger partial charge in [-0.25, -0.2) is 0 Å². The molecule has 1 unspecified atom stereocenters. The van der Waals surface area contributed by atoms with Crippen molar-refractivity contribution in [3.05, 3.63) is 0 Å². The Morgan fingerprint density at radius 2 is 2.12 bits per heavy atom. The average Bonchev–Trinajstić information content (AvgIpc) is 2.29. The lowest BCUT2D eigenvalue weighted by Gasteiger charge is -2.32. The van der Waals surface area contributed by atoms with E-state index in [0.717, 1.165) is 38.5 Å². The molecule has 0 aromatic heterocycles. The van der Waals surface area contributed by atoms with Gasteiger partial charge in [0.15, 0.2) is 0 Å². The molecule has 0 spiro atoms. The molecule has 4 nitrogen and oxygen atoms in total. The van der Waals surface area contributed by atoms with E-state index in [2.05, 4.69) is 4.90 Å². The molecule has 0 aromatic carbocycles. The van der Waals surface area contributed by atoms with E-state index < -0.39 is 0 Å². The summed E-state index contributed by atoms with van der Waals surface area (Å²) in [4.78, 5) is 2.33. The van der Waals surface area contributed by atoms with Crippen LogP contribution in [0.1, 0.15) is 26.2 Å². The second kappa shape index (κ2) is 8.01. The van der Waals surface area contributed by atoms with Crippen molar-refractivity contribution >= 4 is 0 Å². The van der Waals surface area contributed by atoms with Crippen LogP contribution in [0.15, 0.2) is 0 Å². The van der Waals surface area contributed by atoms with E-state index in [0.29, 0.717) is 13.2 Å². The van der Waals surface area contributed by atoms with E-state index in [1.807, 2.05) is 6.92 Å². The Bertz CT molecular complexity index is 170. The molecule has 3 N–H and O–H groups in total. The Kier molecular flexibility index (Phi) is 6.96. The topological polar surface area (TPSA) is 58.7 Å². The Balaban J connectivity index is 2.11. The molecular weight excluding hydrogens is 204 g/mol. The molecule has 0 bridgehead atoms. The van der Waals surface area contributed by atoms with Gasteiger partial charge in [0.05, 0.1) is 12.7 Å². The van der Waals surface area contributed by atoms with Gasteiger partial charge in [0.1, 0.15) is 0 Å². The van der Waals surface area contributed by atoms with Crippen molar-refractivity contribution in [1.82, 2.24) is 4.90 Å². The van der Waals surface area contributed by atoms with Crippen LogP contribution >= 0.6 is 0 Å². The number of aliphatic hydroxyl groups excluding tert-OH is 1. The summed E-state index contributed by atoms with van der Waals surface area (Å²) in [7, 11) is 0. The van der Waals surface area contributed by atoms with Crippen LogP contribution in [0.5, 0.6) is 0 Å². The van der Waals surface area contributed by atoms with Gasteiger partial charge in [-0.05, 0) is 51.7 Å². The number of piperidine rings is 1. The van der Waals surface area contributed by atoms with Crippen LogP contribution < -0.4 is 5.73 Å². The highest BCUT2D eigenvalue weighted by Gasteiger charge is 2.20. The zero-order valence-electron chi connectivity index (χ0n) is 10.4. The van der Waals surface area contributed by atoms with Gasteiger partial charge in [-0.1, -0.05) is 0 Å². The van der Waals surface area contributed by atoms with Gasteiger partial charge in [0, 0.05) is 13.2 Å². The number of β-amino-alcohol motifs (C(OH)–C–C–N with tert-alkyl or cyclic N) is 1. The van der Waals surface area contributed by atoms with Crippen LogP contribution in [0.4, 0.5) is 0 Å². The largest absolute Gasteiger partial charge is 0.389 e. The number of hydrogen-bond acceptors (Lipinski definition) is 4. The monoisotopic (exact) mass is 230 g/mol. The average molecular weight is 230 g/mol. The lowest BCUT2D eigenvalue weighted by molar-refractivity contribution is 0.0145. The number of hydrogen-bond donors (Lipinski definition) is 2. The van der Waals surface area contributed by atoms with Crippen LogP contribution in [-0.4, -0.2) is 55.5 Å². The summed E-state index contributed by atoms with van der Waals surface area (Å²) in [5.74, 6) is 0.797. The first-order chi connectivity index (χ1) is 7.76. The molecule has 1 aliphatic rings. The van der Waals surface area contributed by atoms with E-state index in [1.165, 1.54) is 12.8 Å². The quantitative estimate of drug-likeness (QED) is 0.666. The number of likely N-dealkylation sites (tertiary alicyclic amines) is 1. The lowest BCUT2D eigenvalue weighted by atomic mass is 9.93. The van der Waals surface area contributed by atoms with E-state index >= 15 is 0 Å². The fraction of sp³-hybridized carbons (Fsp3) is 1.00. The molecular formula is C12H26N2O2. The molecule has 4 heteroatoms. The van der Waals surface area contributed by atoms with Crippen molar-refractivity contribution in [3.8, 4) is 0 Å². The van der Waals surface area contributed by atoms with Gasteiger partial charge in [-0.15, -0.1) is 0 Å². The number of rotatable bonds is 7. The van der Waals surface area contributed by atoms with Gasteiger partial charge in [0.2, 0.25) is 0 Å². The molecule has 1 saturated heterocycles. The van der Waals surface area contributed by atoms with Crippen LogP contribution in [-0.2, 0) is 4.74 Å². The smallest absolute Gasteiger partial charge is 0.0900 e. The molecule has 1 rings (SSSR count). The van der Waals surface area contributed by atoms with Gasteiger partial charge < -0.3 is 20.5 Å². The molecule has 1 fully saturated rings. The summed E-state index contributed by atoms with van der Waals surface area (Å²) in [5, 5.41) is 9.72. The van der Waals surface area contributed by atoms with Gasteiger partial charge in [0.25, 0.3) is 0 Å². The minimum atomic E-state index is -0.342. The minimum Gasteiger partial charge on any atom is -0.389 e. The zero-order chi connectivity index (χ0) is 11.8. The van der Waals surface area contributed by atoms with Gasteiger partial charge in [-0.3, -0.25) is 0 Å². The molecule has 0 radical (unpaired) electrons. The first-order valence-electron chi connectivity index (χ1n) is 6.44. The number of nitrogens with two attached hydrogens (primary N) is 1. The molecule has 0 amide bonds. The third-order valence-corrected chi connectivity index (χ3v) is 3.27. The van der Waals surface area contributed by atoms with Gasteiger partial charge in [-0.2, -0.15) is 0 Å². The Morgan fingerprint density at radius 3 is 2.69 bits per heavy atom. The van der Waals surface area contributed by atoms with Crippen LogP contribution in [0.3, 0.4) is 0 Å². The number of aliphatic hydroxyl groups is 1. The van der Waals surface area contributed by atoms with Crippen molar-refractivity contribution in [1.29, 1.82) is 0 Å². The molecule has 96 valence electrons. The first kappa shape index (κ1) is 13.9. The predicted octanol–water partition coefficient (Wildman–Crippen LogP) is 0.445. The SMILES string of the molecule is CCOCC(O)CN1CCC(CCN)CC1. The maximum absolute atomic E-state index is 9.72. The third-order valence-electron chi connectivity index (χ3n) is 3.27. The summed E-state index contributed by atoms with van der Waals surface area (Å²) >= 11 is 0. The number of ether oxygens (including phenoxy) is 1. The summed E-state index contributed by atoms with van der Waals surface area (Å²) in [6.45, 7) is 6.81. The Morgan fingerprint density at radius 1 is 1.44 bits per heavy atom. The summed E-state index contributed by atoms with van der Waals surface area (Å²) in [6.07, 6.45) is 3.25. The highest BCUT2D eigenvalue weighted by atomic mass is 16.5. The Hall–Kier alpha value is -0.160. The molecule has 16 heavy (non-hydrogen) atoms. The highest BCUT2D eigenvalue weighted by molar-refractivity contribution is 4.74. The van der Waals surface area contributed by atoms with Crippen LogP contribution in [0, 0.1) is 5.92 Å². The number of nitrogens with zero attached hydrogens (tertiary/aromatic N) is 1. The lowest BCUT2D eigenvalue weighted by Crippen LogP contribution is -2.40. The van der Waals surface area contributed by atoms with Crippen LogP contribution in [0.25, 0.3) is 0 Å². The second-order valence-corrected chi connectivity index (χ2v) is 4.63. The minimum absolute atomic E-state index is 0.342. The fourth-order valence-electron chi connectivity index (χ4n) is 2.30. The normalized spacial score (nSPS) is 21.2. The maximum Gasteiger partial charge on any atom is 0.0900 e. The molecule has 1 aliphatic heterocycles. The zero-order valence-corrected chi connectivity index (χ0v) is 10.4.